The van der Waals surface area contributed by atoms with Crippen LogP contribution in [-0.4, -0.2) is 31.2 Å². The van der Waals surface area contributed by atoms with Crippen molar-refractivity contribution in [3.8, 4) is 0 Å². The van der Waals surface area contributed by atoms with Gasteiger partial charge in [0.2, 0.25) is 5.91 Å². The number of carbonyl (C=O) groups is 3. The van der Waals surface area contributed by atoms with Crippen LogP contribution < -0.4 is 10.6 Å². The van der Waals surface area contributed by atoms with Crippen LogP contribution in [0.1, 0.15) is 26.3 Å². The molecular formula is C18H24N2O5. The Morgan fingerprint density at radius 3 is 2.36 bits per heavy atom. The Hall–Kier alpha value is -2.83. The van der Waals surface area contributed by atoms with Crippen molar-refractivity contribution in [1.29, 1.82) is 0 Å². The second kappa shape index (κ2) is 8.86. The number of rotatable bonds is 6. The molecule has 1 aromatic carbocycles. The van der Waals surface area contributed by atoms with E-state index < -0.39 is 17.5 Å². The summed E-state index contributed by atoms with van der Waals surface area (Å²) >= 11 is 0. The second-order valence-corrected chi connectivity index (χ2v) is 6.37. The number of benzene rings is 1. The number of aryl methyl sites for hydroxylation is 1. The van der Waals surface area contributed by atoms with Gasteiger partial charge in [-0.05, 0) is 24.6 Å². The molecule has 136 valence electrons. The molecule has 7 heteroatoms. The van der Waals surface area contributed by atoms with Gasteiger partial charge >= 0.3 is 12.1 Å². The Labute approximate surface area is 147 Å². The van der Waals surface area contributed by atoms with Crippen molar-refractivity contribution in [2.24, 2.45) is 5.41 Å². The van der Waals surface area contributed by atoms with Crippen LogP contribution in [-0.2, 0) is 19.1 Å². The van der Waals surface area contributed by atoms with E-state index in [-0.39, 0.29) is 19.1 Å². The summed E-state index contributed by atoms with van der Waals surface area (Å²) in [5, 5.41) is 5.39. The van der Waals surface area contributed by atoms with Crippen LogP contribution in [0, 0.1) is 12.3 Å². The predicted octanol–water partition coefficient (Wildman–Crippen LogP) is 3.26. The molecule has 0 bridgehead atoms. The van der Waals surface area contributed by atoms with Crippen LogP contribution in [0.3, 0.4) is 0 Å². The summed E-state index contributed by atoms with van der Waals surface area (Å²) in [5.41, 5.74) is 1.37. The average molecular weight is 348 g/mol. The minimum absolute atomic E-state index is 0.0566. The van der Waals surface area contributed by atoms with Crippen LogP contribution in [0.15, 0.2) is 30.9 Å². The molecule has 0 aromatic heterocycles. The van der Waals surface area contributed by atoms with Crippen LogP contribution >= 0.6 is 0 Å². The summed E-state index contributed by atoms with van der Waals surface area (Å²) in [7, 11) is 0. The summed E-state index contributed by atoms with van der Waals surface area (Å²) in [6, 6.07) is 5.18. The number of amides is 2. The first-order valence-corrected chi connectivity index (χ1v) is 7.78. The van der Waals surface area contributed by atoms with E-state index in [2.05, 4.69) is 17.2 Å². The first-order chi connectivity index (χ1) is 11.6. The fourth-order valence-electron chi connectivity index (χ4n) is 1.63. The minimum atomic E-state index is -0.683. The Bertz CT molecular complexity index is 662. The van der Waals surface area contributed by atoms with E-state index in [1.54, 1.807) is 18.2 Å². The van der Waals surface area contributed by atoms with Gasteiger partial charge in [-0.3, -0.25) is 10.1 Å². The summed E-state index contributed by atoms with van der Waals surface area (Å²) in [5.74, 6) is -0.712. The zero-order valence-electron chi connectivity index (χ0n) is 15.0. The van der Waals surface area contributed by atoms with Gasteiger partial charge in [0.25, 0.3) is 0 Å². The maximum absolute atomic E-state index is 12.0. The van der Waals surface area contributed by atoms with E-state index in [0.29, 0.717) is 11.4 Å². The fourth-order valence-corrected chi connectivity index (χ4v) is 1.63. The first kappa shape index (κ1) is 20.2. The molecule has 0 aliphatic carbocycles. The Morgan fingerprint density at radius 2 is 1.76 bits per heavy atom. The maximum Gasteiger partial charge on any atom is 0.411 e. The monoisotopic (exact) mass is 348 g/mol. The lowest BCUT2D eigenvalue weighted by molar-refractivity contribution is -0.138. The lowest BCUT2D eigenvalue weighted by atomic mass is 9.95. The third-order valence-corrected chi connectivity index (χ3v) is 3.14. The van der Waals surface area contributed by atoms with Crippen LogP contribution in [0.5, 0.6) is 0 Å². The van der Waals surface area contributed by atoms with Crippen molar-refractivity contribution < 1.29 is 23.9 Å². The van der Waals surface area contributed by atoms with Crippen molar-refractivity contribution in [2.45, 2.75) is 27.7 Å². The van der Waals surface area contributed by atoms with Crippen LogP contribution in [0.25, 0.3) is 0 Å². The van der Waals surface area contributed by atoms with Gasteiger partial charge in [-0.2, -0.15) is 0 Å². The molecule has 1 rings (SSSR count). The number of esters is 1. The van der Waals surface area contributed by atoms with E-state index in [9.17, 15) is 14.4 Å². The molecule has 0 heterocycles. The summed E-state index contributed by atoms with van der Waals surface area (Å²) in [4.78, 5) is 34.7. The lowest BCUT2D eigenvalue weighted by Crippen LogP contribution is -2.27. The summed E-state index contributed by atoms with van der Waals surface area (Å²) in [6.45, 7) is 10.4. The molecule has 0 saturated carbocycles. The largest absolute Gasteiger partial charge is 0.459 e. The molecule has 7 nitrogen and oxygen atoms in total. The molecule has 2 N–H and O–H groups in total. The molecule has 0 aliphatic rings. The van der Waals surface area contributed by atoms with E-state index in [1.165, 1.54) is 0 Å². The highest BCUT2D eigenvalue weighted by atomic mass is 16.6. The SMILES string of the molecule is C=CC(=O)OCCOC(=O)Nc1cc(NC(=O)C(C)(C)C)ccc1C. The molecule has 0 spiro atoms. The van der Waals surface area contributed by atoms with Crippen molar-refractivity contribution in [1.82, 2.24) is 0 Å². The second-order valence-electron chi connectivity index (χ2n) is 6.37. The molecule has 0 unspecified atom stereocenters. The Balaban J connectivity index is 2.61. The third-order valence-electron chi connectivity index (χ3n) is 3.14. The summed E-state index contributed by atoms with van der Waals surface area (Å²) in [6.07, 6.45) is 0.345. The fraction of sp³-hybridized carbons (Fsp3) is 0.389. The van der Waals surface area contributed by atoms with Gasteiger partial charge in [0, 0.05) is 22.9 Å². The molecule has 0 fully saturated rings. The van der Waals surface area contributed by atoms with Crippen molar-refractivity contribution in [3.05, 3.63) is 36.4 Å². The highest BCUT2D eigenvalue weighted by molar-refractivity contribution is 5.95. The molecule has 2 amide bonds. The standard InChI is InChI=1S/C18H24N2O5/c1-6-15(21)24-9-10-25-17(23)20-14-11-13(8-7-12(14)2)19-16(22)18(3,4)5/h6-8,11H,1,9-10H2,2-5H3,(H,19,22)(H,20,23). The Morgan fingerprint density at radius 1 is 1.12 bits per heavy atom. The normalized spacial score (nSPS) is 10.6. The van der Waals surface area contributed by atoms with Gasteiger partial charge in [0.1, 0.15) is 13.2 Å². The van der Waals surface area contributed by atoms with Gasteiger partial charge in [0.05, 0.1) is 0 Å². The van der Waals surface area contributed by atoms with E-state index in [0.717, 1.165) is 11.6 Å². The molecule has 1 aromatic rings. The van der Waals surface area contributed by atoms with Crippen molar-refractivity contribution >= 4 is 29.3 Å². The van der Waals surface area contributed by atoms with Gasteiger partial charge < -0.3 is 14.8 Å². The van der Waals surface area contributed by atoms with Crippen molar-refractivity contribution in [2.75, 3.05) is 23.8 Å². The zero-order chi connectivity index (χ0) is 19.0. The van der Waals surface area contributed by atoms with E-state index in [1.807, 2.05) is 27.7 Å². The van der Waals surface area contributed by atoms with E-state index >= 15 is 0 Å². The van der Waals surface area contributed by atoms with Crippen molar-refractivity contribution in [3.63, 3.8) is 0 Å². The minimum Gasteiger partial charge on any atom is -0.459 e. The lowest BCUT2D eigenvalue weighted by Gasteiger charge is -2.18. The highest BCUT2D eigenvalue weighted by Crippen LogP contribution is 2.23. The maximum atomic E-state index is 12.0. The zero-order valence-corrected chi connectivity index (χ0v) is 15.0. The molecular weight excluding hydrogens is 324 g/mol. The van der Waals surface area contributed by atoms with Gasteiger partial charge in [-0.1, -0.05) is 33.4 Å². The van der Waals surface area contributed by atoms with Gasteiger partial charge in [-0.25, -0.2) is 9.59 Å². The number of hydrogen-bond acceptors (Lipinski definition) is 5. The predicted molar refractivity (Wildman–Crippen MR) is 95.4 cm³/mol. The smallest absolute Gasteiger partial charge is 0.411 e. The van der Waals surface area contributed by atoms with Crippen LogP contribution in [0.4, 0.5) is 16.2 Å². The number of carbonyl (C=O) groups excluding carboxylic acids is 3. The van der Waals surface area contributed by atoms with Gasteiger partial charge in [0.15, 0.2) is 0 Å². The molecule has 25 heavy (non-hydrogen) atoms. The molecule has 0 saturated heterocycles. The Kier molecular flexibility index (Phi) is 7.17. The van der Waals surface area contributed by atoms with Gasteiger partial charge in [-0.15, -0.1) is 0 Å². The molecule has 0 atom stereocenters. The number of hydrogen-bond donors (Lipinski definition) is 2. The quantitative estimate of drug-likeness (QED) is 0.467. The average Bonchev–Trinajstić information content (AvgIpc) is 2.53. The topological polar surface area (TPSA) is 93.7 Å². The molecule has 0 radical (unpaired) electrons. The number of anilines is 2. The molecule has 0 aliphatic heterocycles. The third kappa shape index (κ3) is 7.07. The summed E-state index contributed by atoms with van der Waals surface area (Å²) < 4.78 is 9.62. The van der Waals surface area contributed by atoms with E-state index in [4.69, 9.17) is 9.47 Å². The van der Waals surface area contributed by atoms with Crippen LogP contribution in [0.2, 0.25) is 0 Å². The first-order valence-electron chi connectivity index (χ1n) is 7.78. The number of nitrogens with one attached hydrogen (secondary N) is 2. The number of ether oxygens (including phenoxy) is 2. The highest BCUT2D eigenvalue weighted by Gasteiger charge is 2.21.